The van der Waals surface area contributed by atoms with Crippen molar-refractivity contribution < 1.29 is 18.7 Å². The summed E-state index contributed by atoms with van der Waals surface area (Å²) in [7, 11) is 1.61. The number of oxazole rings is 1. The third kappa shape index (κ3) is 3.53. The minimum atomic E-state index is -0.235. The van der Waals surface area contributed by atoms with Gasteiger partial charge in [0.2, 0.25) is 5.89 Å². The lowest BCUT2D eigenvalue weighted by Crippen LogP contribution is -2.32. The molecule has 0 aliphatic carbocycles. The number of rotatable bonds is 5. The lowest BCUT2D eigenvalue weighted by atomic mass is 10.2. The minimum absolute atomic E-state index is 0.104. The van der Waals surface area contributed by atoms with E-state index in [1.807, 2.05) is 24.3 Å². The van der Waals surface area contributed by atoms with E-state index in [0.717, 1.165) is 30.8 Å². The second-order valence-electron chi connectivity index (χ2n) is 5.50. The number of carbonyl (C=O) groups excluding carboxylic acids is 1. The highest BCUT2D eigenvalue weighted by molar-refractivity contribution is 5.93. The minimum Gasteiger partial charge on any atom is -0.497 e. The summed E-state index contributed by atoms with van der Waals surface area (Å²) < 4.78 is 16.2. The normalized spacial score (nSPS) is 17.2. The first-order chi connectivity index (χ1) is 11.2. The molecule has 1 atom stereocenters. The van der Waals surface area contributed by atoms with E-state index in [1.54, 1.807) is 14.0 Å². The highest BCUT2D eigenvalue weighted by Gasteiger charge is 2.21. The molecule has 1 aromatic carbocycles. The second kappa shape index (κ2) is 6.83. The Labute approximate surface area is 134 Å². The van der Waals surface area contributed by atoms with E-state index in [4.69, 9.17) is 13.9 Å². The molecule has 1 aromatic heterocycles. The summed E-state index contributed by atoms with van der Waals surface area (Å²) >= 11 is 0. The summed E-state index contributed by atoms with van der Waals surface area (Å²) in [6.45, 7) is 3.01. The van der Waals surface area contributed by atoms with Crippen molar-refractivity contribution in [2.75, 3.05) is 20.3 Å². The molecule has 6 heteroatoms. The van der Waals surface area contributed by atoms with E-state index >= 15 is 0 Å². The van der Waals surface area contributed by atoms with Crippen molar-refractivity contribution in [2.45, 2.75) is 25.9 Å². The zero-order valence-electron chi connectivity index (χ0n) is 13.3. The molecule has 1 fully saturated rings. The van der Waals surface area contributed by atoms with Crippen molar-refractivity contribution >= 4 is 5.91 Å². The number of aromatic nitrogens is 1. The molecule has 1 saturated heterocycles. The third-order valence-corrected chi connectivity index (χ3v) is 3.86. The van der Waals surface area contributed by atoms with Gasteiger partial charge in [-0.2, -0.15) is 0 Å². The van der Waals surface area contributed by atoms with Gasteiger partial charge in [0.25, 0.3) is 5.91 Å². The first-order valence-electron chi connectivity index (χ1n) is 7.69. The molecule has 122 valence electrons. The molecule has 23 heavy (non-hydrogen) atoms. The molecule has 1 unspecified atom stereocenters. The van der Waals surface area contributed by atoms with Crippen molar-refractivity contribution in [2.24, 2.45) is 0 Å². The van der Waals surface area contributed by atoms with Crippen molar-refractivity contribution in [3.8, 4) is 17.2 Å². The monoisotopic (exact) mass is 316 g/mol. The summed E-state index contributed by atoms with van der Waals surface area (Å²) in [6.07, 6.45) is 2.13. The van der Waals surface area contributed by atoms with Gasteiger partial charge in [0, 0.05) is 18.7 Å². The largest absolute Gasteiger partial charge is 0.497 e. The average Bonchev–Trinajstić information content (AvgIpc) is 3.22. The van der Waals surface area contributed by atoms with Gasteiger partial charge < -0.3 is 19.2 Å². The van der Waals surface area contributed by atoms with Crippen LogP contribution in [0.4, 0.5) is 0 Å². The van der Waals surface area contributed by atoms with Crippen molar-refractivity contribution in [1.29, 1.82) is 0 Å². The lowest BCUT2D eigenvalue weighted by Gasteiger charge is -2.09. The highest BCUT2D eigenvalue weighted by atomic mass is 16.5. The van der Waals surface area contributed by atoms with Gasteiger partial charge in [0.05, 0.1) is 13.2 Å². The quantitative estimate of drug-likeness (QED) is 0.917. The van der Waals surface area contributed by atoms with Gasteiger partial charge in [-0.05, 0) is 44.0 Å². The van der Waals surface area contributed by atoms with Crippen LogP contribution in [0.1, 0.15) is 29.1 Å². The van der Waals surface area contributed by atoms with Crippen molar-refractivity contribution in [3.63, 3.8) is 0 Å². The van der Waals surface area contributed by atoms with E-state index < -0.39 is 0 Å². The van der Waals surface area contributed by atoms with Gasteiger partial charge >= 0.3 is 0 Å². The number of aryl methyl sites for hydroxylation is 1. The fourth-order valence-corrected chi connectivity index (χ4v) is 2.56. The van der Waals surface area contributed by atoms with E-state index in [2.05, 4.69) is 10.3 Å². The zero-order chi connectivity index (χ0) is 16.2. The lowest BCUT2D eigenvalue weighted by molar-refractivity contribution is 0.0853. The van der Waals surface area contributed by atoms with Crippen LogP contribution in [-0.4, -0.2) is 37.3 Å². The van der Waals surface area contributed by atoms with Crippen LogP contribution >= 0.6 is 0 Å². The summed E-state index contributed by atoms with van der Waals surface area (Å²) in [4.78, 5) is 16.6. The number of methoxy groups -OCH3 is 1. The first kappa shape index (κ1) is 15.6. The van der Waals surface area contributed by atoms with E-state index in [1.165, 1.54) is 0 Å². The Morgan fingerprint density at radius 2 is 2.17 bits per heavy atom. The molecule has 3 rings (SSSR count). The van der Waals surface area contributed by atoms with Gasteiger partial charge in [-0.1, -0.05) is 0 Å². The maximum atomic E-state index is 12.3. The first-order valence-corrected chi connectivity index (χ1v) is 7.69. The SMILES string of the molecule is COc1ccc(-c2nc(C(=O)NCC3CCCO3)c(C)o2)cc1. The molecule has 0 bridgehead atoms. The predicted molar refractivity (Wildman–Crippen MR) is 84.5 cm³/mol. The van der Waals surface area contributed by atoms with Crippen LogP contribution in [0, 0.1) is 6.92 Å². The molecule has 6 nitrogen and oxygen atoms in total. The Morgan fingerprint density at radius 3 is 2.83 bits per heavy atom. The number of carbonyl (C=O) groups is 1. The standard InChI is InChI=1S/C17H20N2O4/c1-11-15(16(20)18-10-14-4-3-9-22-14)19-17(23-11)12-5-7-13(21-2)8-6-12/h5-8,14H,3-4,9-10H2,1-2H3,(H,18,20). The molecule has 0 spiro atoms. The summed E-state index contributed by atoms with van der Waals surface area (Å²) in [5, 5.41) is 2.86. The topological polar surface area (TPSA) is 73.6 Å². The molecule has 2 aromatic rings. The molecule has 1 aliphatic rings. The highest BCUT2D eigenvalue weighted by Crippen LogP contribution is 2.24. The number of benzene rings is 1. The van der Waals surface area contributed by atoms with Crippen LogP contribution in [0.3, 0.4) is 0 Å². The predicted octanol–water partition coefficient (Wildman–Crippen LogP) is 2.57. The van der Waals surface area contributed by atoms with Gasteiger partial charge in [0.1, 0.15) is 11.5 Å². The molecular weight excluding hydrogens is 296 g/mol. The second-order valence-corrected chi connectivity index (χ2v) is 5.50. The van der Waals surface area contributed by atoms with Crippen LogP contribution in [-0.2, 0) is 4.74 Å². The molecule has 2 heterocycles. The number of nitrogens with one attached hydrogen (secondary N) is 1. The van der Waals surface area contributed by atoms with E-state index in [9.17, 15) is 4.79 Å². The third-order valence-electron chi connectivity index (χ3n) is 3.86. The van der Waals surface area contributed by atoms with Crippen LogP contribution < -0.4 is 10.1 Å². The van der Waals surface area contributed by atoms with E-state index in [0.29, 0.717) is 23.9 Å². The Morgan fingerprint density at radius 1 is 1.39 bits per heavy atom. The van der Waals surface area contributed by atoms with E-state index in [-0.39, 0.29) is 12.0 Å². The molecular formula is C17H20N2O4. The van der Waals surface area contributed by atoms with Crippen LogP contribution in [0.5, 0.6) is 5.75 Å². The Hall–Kier alpha value is -2.34. The molecule has 0 radical (unpaired) electrons. The number of amides is 1. The molecule has 1 aliphatic heterocycles. The van der Waals surface area contributed by atoms with Gasteiger partial charge in [0.15, 0.2) is 5.69 Å². The summed E-state index contributed by atoms with van der Waals surface area (Å²) in [6, 6.07) is 7.34. The van der Waals surface area contributed by atoms with Crippen LogP contribution in [0.15, 0.2) is 28.7 Å². The molecule has 1 amide bonds. The fraction of sp³-hybridized carbons (Fsp3) is 0.412. The Balaban J connectivity index is 1.70. The Kier molecular flexibility index (Phi) is 4.62. The molecule has 1 N–H and O–H groups in total. The maximum Gasteiger partial charge on any atom is 0.273 e. The van der Waals surface area contributed by atoms with Crippen molar-refractivity contribution in [1.82, 2.24) is 10.3 Å². The zero-order valence-corrected chi connectivity index (χ0v) is 13.3. The van der Waals surface area contributed by atoms with Crippen molar-refractivity contribution in [3.05, 3.63) is 35.7 Å². The van der Waals surface area contributed by atoms with Crippen LogP contribution in [0.25, 0.3) is 11.5 Å². The van der Waals surface area contributed by atoms with Gasteiger partial charge in [-0.15, -0.1) is 0 Å². The maximum absolute atomic E-state index is 12.3. The Bertz CT molecular complexity index is 672. The number of hydrogen-bond donors (Lipinski definition) is 1. The summed E-state index contributed by atoms with van der Waals surface area (Å²) in [5.41, 5.74) is 1.11. The summed E-state index contributed by atoms with van der Waals surface area (Å²) in [5.74, 6) is 1.45. The molecule has 0 saturated carbocycles. The number of ether oxygens (including phenoxy) is 2. The number of hydrogen-bond acceptors (Lipinski definition) is 5. The average molecular weight is 316 g/mol. The van der Waals surface area contributed by atoms with Crippen LogP contribution in [0.2, 0.25) is 0 Å². The number of nitrogens with zero attached hydrogens (tertiary/aromatic N) is 1. The van der Waals surface area contributed by atoms with Gasteiger partial charge in [-0.3, -0.25) is 4.79 Å². The van der Waals surface area contributed by atoms with Gasteiger partial charge in [-0.25, -0.2) is 4.98 Å². The fourth-order valence-electron chi connectivity index (χ4n) is 2.56. The smallest absolute Gasteiger partial charge is 0.273 e.